The smallest absolute Gasteiger partial charge is 0.425 e. The molecule has 0 aromatic heterocycles. The highest BCUT2D eigenvalue weighted by atomic mass is 32.2. The second kappa shape index (κ2) is 7.17. The molecule has 0 aromatic carbocycles. The van der Waals surface area contributed by atoms with E-state index in [1.807, 2.05) is 27.3 Å². The van der Waals surface area contributed by atoms with E-state index in [9.17, 15) is 13.2 Å². The minimum Gasteiger partial charge on any atom is -0.443 e. The molecule has 1 unspecified atom stereocenters. The van der Waals surface area contributed by atoms with Crippen LogP contribution in [0.25, 0.3) is 0 Å². The van der Waals surface area contributed by atoms with Crippen molar-refractivity contribution < 1.29 is 26.6 Å². The molecule has 1 amide bonds. The average molecular weight is 396 g/mol. The standard InChI is InChI=1S/C16H33NO6SSi/c1-11(2)15(6,7)16(8,23-25-9)12-10-17(24(19,20)22-12)13(18)21-14(3,4)5/h11-12H,10,25H2,1-9H3/t12-,16?/m1/s1. The first-order valence-electron chi connectivity index (χ1n) is 8.66. The molecule has 0 spiro atoms. The zero-order chi connectivity index (χ0) is 19.8. The van der Waals surface area contributed by atoms with E-state index in [2.05, 4.69) is 13.8 Å². The Balaban J connectivity index is 3.20. The minimum atomic E-state index is -4.20. The number of carbonyl (C=O) groups excluding carboxylic acids is 1. The summed E-state index contributed by atoms with van der Waals surface area (Å²) in [7, 11) is -5.05. The van der Waals surface area contributed by atoms with Crippen LogP contribution in [0.5, 0.6) is 0 Å². The summed E-state index contributed by atoms with van der Waals surface area (Å²) in [4.78, 5) is 12.3. The summed E-state index contributed by atoms with van der Waals surface area (Å²) in [6.07, 6.45) is -1.71. The van der Waals surface area contributed by atoms with Gasteiger partial charge >= 0.3 is 16.4 Å². The molecular weight excluding hydrogens is 362 g/mol. The van der Waals surface area contributed by atoms with Gasteiger partial charge in [-0.05, 0) is 39.0 Å². The van der Waals surface area contributed by atoms with Crippen LogP contribution in [0.3, 0.4) is 0 Å². The van der Waals surface area contributed by atoms with Crippen LogP contribution in [0.2, 0.25) is 6.55 Å². The molecular formula is C16H33NO6SSi. The molecule has 1 heterocycles. The number of nitrogens with zero attached hydrogens (tertiary/aromatic N) is 1. The molecule has 1 saturated heterocycles. The van der Waals surface area contributed by atoms with Gasteiger partial charge in [-0.25, -0.2) is 8.98 Å². The lowest BCUT2D eigenvalue weighted by Crippen LogP contribution is -2.57. The SMILES string of the molecule is C[SiH2]OC(C)([C@H]1CN(C(=O)OC(C)(C)C)S(=O)(=O)O1)C(C)(C)C(C)C. The Hall–Kier alpha value is -0.643. The van der Waals surface area contributed by atoms with Crippen molar-refractivity contribution in [3.63, 3.8) is 0 Å². The van der Waals surface area contributed by atoms with E-state index in [0.717, 1.165) is 0 Å². The molecule has 0 N–H and O–H groups in total. The molecule has 1 aliphatic rings. The molecule has 1 rings (SSSR count). The van der Waals surface area contributed by atoms with Crippen LogP contribution in [0, 0.1) is 11.3 Å². The van der Waals surface area contributed by atoms with Crippen LogP contribution in [-0.4, -0.2) is 52.4 Å². The number of hydrogen-bond donors (Lipinski definition) is 0. The quantitative estimate of drug-likeness (QED) is 0.665. The lowest BCUT2D eigenvalue weighted by Gasteiger charge is -2.49. The molecule has 0 aliphatic carbocycles. The highest BCUT2D eigenvalue weighted by molar-refractivity contribution is 7.85. The lowest BCUT2D eigenvalue weighted by molar-refractivity contribution is -0.114. The Kier molecular flexibility index (Phi) is 6.42. The molecule has 1 fully saturated rings. The van der Waals surface area contributed by atoms with Gasteiger partial charge in [0.15, 0.2) is 9.76 Å². The largest absolute Gasteiger partial charge is 0.443 e. The van der Waals surface area contributed by atoms with Gasteiger partial charge in [0.1, 0.15) is 11.7 Å². The highest BCUT2D eigenvalue weighted by Crippen LogP contribution is 2.46. The number of amides is 1. The van der Waals surface area contributed by atoms with Crippen LogP contribution in [0.4, 0.5) is 4.79 Å². The predicted molar refractivity (Wildman–Crippen MR) is 99.2 cm³/mol. The summed E-state index contributed by atoms with van der Waals surface area (Å²) in [6.45, 7) is 17.0. The third kappa shape index (κ3) is 4.56. The molecule has 148 valence electrons. The van der Waals surface area contributed by atoms with Gasteiger partial charge < -0.3 is 9.16 Å². The molecule has 25 heavy (non-hydrogen) atoms. The normalized spacial score (nSPS) is 24.1. The summed E-state index contributed by atoms with van der Waals surface area (Å²) in [6, 6.07) is 0. The van der Waals surface area contributed by atoms with Crippen molar-refractivity contribution in [3.05, 3.63) is 0 Å². The van der Waals surface area contributed by atoms with Gasteiger partial charge in [-0.3, -0.25) is 0 Å². The van der Waals surface area contributed by atoms with E-state index >= 15 is 0 Å². The molecule has 7 nitrogen and oxygen atoms in total. The average Bonchev–Trinajstić information content (AvgIpc) is 2.72. The summed E-state index contributed by atoms with van der Waals surface area (Å²) in [5.74, 6) is 0.222. The lowest BCUT2D eigenvalue weighted by atomic mass is 9.66. The van der Waals surface area contributed by atoms with Gasteiger partial charge in [-0.2, -0.15) is 12.7 Å². The molecule has 0 aromatic rings. The second-order valence-electron chi connectivity index (χ2n) is 8.47. The van der Waals surface area contributed by atoms with E-state index in [1.165, 1.54) is 0 Å². The number of hydrogen-bond acceptors (Lipinski definition) is 6. The van der Waals surface area contributed by atoms with E-state index < -0.39 is 43.5 Å². The van der Waals surface area contributed by atoms with Crippen molar-refractivity contribution in [1.82, 2.24) is 4.31 Å². The highest BCUT2D eigenvalue weighted by Gasteiger charge is 2.57. The fraction of sp³-hybridized carbons (Fsp3) is 0.938. The van der Waals surface area contributed by atoms with Gasteiger partial charge in [-0.15, -0.1) is 0 Å². The number of ether oxygens (including phenoxy) is 1. The summed E-state index contributed by atoms with van der Waals surface area (Å²) in [5.41, 5.74) is -2.00. The van der Waals surface area contributed by atoms with Crippen LogP contribution in [0.1, 0.15) is 55.4 Å². The fourth-order valence-electron chi connectivity index (χ4n) is 2.78. The second-order valence-corrected chi connectivity index (χ2v) is 10.8. The Morgan fingerprint density at radius 1 is 1.20 bits per heavy atom. The maximum absolute atomic E-state index is 12.4. The van der Waals surface area contributed by atoms with Gasteiger partial charge in [0.25, 0.3) is 0 Å². The molecule has 0 bridgehead atoms. The third-order valence-electron chi connectivity index (χ3n) is 5.22. The zero-order valence-electron chi connectivity index (χ0n) is 16.9. The zero-order valence-corrected chi connectivity index (χ0v) is 19.1. The maximum atomic E-state index is 12.4. The Bertz CT molecular complexity index is 598. The number of carbonyl (C=O) groups is 1. The number of rotatable bonds is 5. The van der Waals surface area contributed by atoms with Gasteiger partial charge in [0.2, 0.25) is 0 Å². The first-order chi connectivity index (χ1) is 11.1. The van der Waals surface area contributed by atoms with Gasteiger partial charge in [0, 0.05) is 0 Å². The molecule has 1 aliphatic heterocycles. The summed E-state index contributed by atoms with van der Waals surface area (Å²) >= 11 is 0. The van der Waals surface area contributed by atoms with Crippen molar-refractivity contribution in [2.24, 2.45) is 11.3 Å². The van der Waals surface area contributed by atoms with Crippen molar-refractivity contribution >= 4 is 26.2 Å². The maximum Gasteiger partial charge on any atom is 0.425 e. The van der Waals surface area contributed by atoms with Crippen molar-refractivity contribution in [2.45, 2.75) is 79.2 Å². The fourth-order valence-corrected chi connectivity index (χ4v) is 5.12. The molecule has 0 saturated carbocycles. The third-order valence-corrected chi connectivity index (χ3v) is 7.42. The van der Waals surface area contributed by atoms with E-state index in [1.54, 1.807) is 20.8 Å². The Morgan fingerprint density at radius 2 is 1.72 bits per heavy atom. The van der Waals surface area contributed by atoms with Crippen molar-refractivity contribution in [3.8, 4) is 0 Å². The van der Waals surface area contributed by atoms with E-state index in [0.29, 0.717) is 4.31 Å². The molecule has 2 atom stereocenters. The van der Waals surface area contributed by atoms with Crippen LogP contribution < -0.4 is 0 Å². The van der Waals surface area contributed by atoms with E-state index in [4.69, 9.17) is 13.3 Å². The first-order valence-corrected chi connectivity index (χ1v) is 12.0. The monoisotopic (exact) mass is 395 g/mol. The summed E-state index contributed by atoms with van der Waals surface area (Å²) < 4.78 is 42.2. The van der Waals surface area contributed by atoms with Gasteiger partial charge in [-0.1, -0.05) is 34.2 Å². The molecule has 0 radical (unpaired) electrons. The predicted octanol–water partition coefficient (Wildman–Crippen LogP) is 2.46. The van der Waals surface area contributed by atoms with Crippen LogP contribution in [0.15, 0.2) is 0 Å². The van der Waals surface area contributed by atoms with Gasteiger partial charge in [0.05, 0.1) is 12.1 Å². The Morgan fingerprint density at radius 3 is 2.12 bits per heavy atom. The van der Waals surface area contributed by atoms with Crippen LogP contribution >= 0.6 is 0 Å². The van der Waals surface area contributed by atoms with Crippen molar-refractivity contribution in [2.75, 3.05) is 6.54 Å². The van der Waals surface area contributed by atoms with Crippen LogP contribution in [-0.2, 0) is 23.7 Å². The first kappa shape index (κ1) is 22.4. The minimum absolute atomic E-state index is 0.113. The van der Waals surface area contributed by atoms with Crippen molar-refractivity contribution in [1.29, 1.82) is 0 Å². The topological polar surface area (TPSA) is 82.1 Å². The summed E-state index contributed by atoms with van der Waals surface area (Å²) in [5, 5.41) is 0. The Labute approximate surface area is 154 Å². The molecule has 9 heteroatoms. The van der Waals surface area contributed by atoms with E-state index in [-0.39, 0.29) is 17.9 Å².